The van der Waals surface area contributed by atoms with Crippen LogP contribution >= 0.6 is 11.6 Å². The molecule has 0 aliphatic heterocycles. The quantitative estimate of drug-likeness (QED) is 0.886. The first-order valence-corrected chi connectivity index (χ1v) is 8.32. The van der Waals surface area contributed by atoms with Gasteiger partial charge in [0.15, 0.2) is 0 Å². The van der Waals surface area contributed by atoms with E-state index >= 15 is 0 Å². The van der Waals surface area contributed by atoms with Gasteiger partial charge in [-0.15, -0.1) is 0 Å². The van der Waals surface area contributed by atoms with Gasteiger partial charge in [0.05, 0.1) is 16.2 Å². The molecule has 1 aromatic carbocycles. The van der Waals surface area contributed by atoms with Crippen LogP contribution in [0.4, 0.5) is 5.69 Å². The maximum Gasteiger partial charge on any atom is 0.0637 e. The maximum atomic E-state index is 6.35. The van der Waals surface area contributed by atoms with E-state index in [1.165, 1.54) is 32.1 Å². The summed E-state index contributed by atoms with van der Waals surface area (Å²) in [4.78, 5) is 0. The number of benzene rings is 1. The smallest absolute Gasteiger partial charge is 0.0637 e. The Morgan fingerprint density at radius 2 is 1.65 bits per heavy atom. The van der Waals surface area contributed by atoms with Crippen molar-refractivity contribution in [1.29, 1.82) is 0 Å². The Morgan fingerprint density at radius 3 is 2.20 bits per heavy atom. The average molecular weight is 291 g/mol. The second-order valence-corrected chi connectivity index (χ2v) is 7.56. The zero-order chi connectivity index (χ0) is 13.7. The average Bonchev–Trinajstić information content (AvgIpc) is 2.44. The van der Waals surface area contributed by atoms with Crippen LogP contribution in [0.2, 0.25) is 5.02 Å². The van der Waals surface area contributed by atoms with Gasteiger partial charge in [-0.2, -0.15) is 0 Å². The Bertz CT molecular complexity index is 485. The van der Waals surface area contributed by atoms with Crippen molar-refractivity contribution in [2.24, 2.45) is 29.4 Å². The van der Waals surface area contributed by atoms with Gasteiger partial charge in [-0.1, -0.05) is 23.7 Å². The molecule has 4 bridgehead atoms. The number of hydrogen-bond acceptors (Lipinski definition) is 2. The highest BCUT2D eigenvalue weighted by Crippen LogP contribution is 2.59. The normalized spacial score (nSPS) is 41.9. The lowest BCUT2D eigenvalue weighted by Gasteiger charge is -2.61. The van der Waals surface area contributed by atoms with Crippen LogP contribution in [0.5, 0.6) is 0 Å². The second-order valence-electron chi connectivity index (χ2n) is 7.15. The van der Waals surface area contributed by atoms with E-state index in [2.05, 4.69) is 17.4 Å². The van der Waals surface area contributed by atoms with Crippen LogP contribution in [-0.4, -0.2) is 12.1 Å². The summed E-state index contributed by atoms with van der Waals surface area (Å²) >= 11 is 6.35. The topological polar surface area (TPSA) is 38.0 Å². The maximum absolute atomic E-state index is 6.35. The molecular weight excluding hydrogens is 268 g/mol. The van der Waals surface area contributed by atoms with Gasteiger partial charge in [0.1, 0.15) is 0 Å². The third-order valence-electron chi connectivity index (χ3n) is 6.17. The lowest BCUT2D eigenvalue weighted by atomic mass is 9.48. The summed E-state index contributed by atoms with van der Waals surface area (Å²) < 4.78 is 0. The third kappa shape index (κ3) is 1.81. The van der Waals surface area contributed by atoms with Crippen molar-refractivity contribution in [3.63, 3.8) is 0 Å². The predicted molar refractivity (Wildman–Crippen MR) is 83.9 cm³/mol. The van der Waals surface area contributed by atoms with Gasteiger partial charge in [0, 0.05) is 6.54 Å². The molecular formula is C17H23ClN2. The fourth-order valence-corrected chi connectivity index (χ4v) is 5.61. The van der Waals surface area contributed by atoms with E-state index in [0.29, 0.717) is 0 Å². The van der Waals surface area contributed by atoms with E-state index in [1.807, 2.05) is 12.1 Å². The minimum Gasteiger partial charge on any atom is -0.377 e. The molecule has 108 valence electrons. The fourth-order valence-electron chi connectivity index (χ4n) is 5.43. The molecule has 0 heterocycles. The van der Waals surface area contributed by atoms with E-state index in [1.54, 1.807) is 0 Å². The van der Waals surface area contributed by atoms with Crippen LogP contribution in [0, 0.1) is 23.7 Å². The molecule has 0 aromatic heterocycles. The minimum atomic E-state index is 0.0818. The summed E-state index contributed by atoms with van der Waals surface area (Å²) in [6, 6.07) is 8.09. The highest BCUT2D eigenvalue weighted by Gasteiger charge is 2.56. The summed E-state index contributed by atoms with van der Waals surface area (Å²) in [5, 5.41) is 4.61. The molecule has 3 heteroatoms. The van der Waals surface area contributed by atoms with Gasteiger partial charge < -0.3 is 11.1 Å². The third-order valence-corrected chi connectivity index (χ3v) is 6.50. The zero-order valence-electron chi connectivity index (χ0n) is 11.8. The molecule has 1 aromatic rings. The summed E-state index contributed by atoms with van der Waals surface area (Å²) in [5.74, 6) is 3.40. The minimum absolute atomic E-state index is 0.0818. The number of rotatable bonds is 3. The Hall–Kier alpha value is -0.730. The predicted octanol–water partition coefficient (Wildman–Crippen LogP) is 3.91. The zero-order valence-corrected chi connectivity index (χ0v) is 12.6. The number of nitrogens with one attached hydrogen (secondary N) is 1. The molecule has 4 fully saturated rings. The van der Waals surface area contributed by atoms with Gasteiger partial charge >= 0.3 is 0 Å². The molecule has 3 N–H and O–H groups in total. The number of anilines is 1. The molecule has 20 heavy (non-hydrogen) atoms. The number of halogens is 1. The highest BCUT2D eigenvalue weighted by molar-refractivity contribution is 6.33. The Balaban J connectivity index is 1.68. The Labute approximate surface area is 126 Å². The van der Waals surface area contributed by atoms with Crippen LogP contribution in [0.3, 0.4) is 0 Å². The fraction of sp³-hybridized carbons (Fsp3) is 0.647. The molecule has 0 unspecified atom stereocenters. The summed E-state index contributed by atoms with van der Waals surface area (Å²) in [6.45, 7) is 0.729. The Morgan fingerprint density at radius 1 is 1.05 bits per heavy atom. The molecule has 4 aliphatic carbocycles. The van der Waals surface area contributed by atoms with Crippen LogP contribution < -0.4 is 11.1 Å². The molecule has 0 radical (unpaired) electrons. The van der Waals surface area contributed by atoms with Crippen molar-refractivity contribution in [1.82, 2.24) is 0 Å². The van der Waals surface area contributed by atoms with Crippen LogP contribution in [0.25, 0.3) is 0 Å². The molecule has 0 atom stereocenters. The van der Waals surface area contributed by atoms with Gasteiger partial charge in [-0.3, -0.25) is 0 Å². The standard InChI is InChI=1S/C17H23ClN2/c18-15-3-1-2-4-16(15)20-17(10-19)13-6-11-5-12(8-13)9-14(17)7-11/h1-4,11-14,20H,5-10,19H2. The highest BCUT2D eigenvalue weighted by atomic mass is 35.5. The molecule has 2 nitrogen and oxygen atoms in total. The molecule has 0 amide bonds. The molecule has 5 rings (SSSR count). The van der Waals surface area contributed by atoms with Crippen LogP contribution in [0.15, 0.2) is 24.3 Å². The van der Waals surface area contributed by atoms with Gasteiger partial charge in [-0.25, -0.2) is 0 Å². The van der Waals surface area contributed by atoms with Crippen molar-refractivity contribution in [2.45, 2.75) is 37.6 Å². The molecule has 0 spiro atoms. The number of para-hydroxylation sites is 1. The largest absolute Gasteiger partial charge is 0.377 e. The Kier molecular flexibility index (Phi) is 3.01. The van der Waals surface area contributed by atoms with E-state index in [0.717, 1.165) is 40.9 Å². The van der Waals surface area contributed by atoms with Gasteiger partial charge in [0.2, 0.25) is 0 Å². The lowest BCUT2D eigenvalue weighted by Crippen LogP contribution is -2.65. The SMILES string of the molecule is NCC1(Nc2ccccc2Cl)C2CC3CC(C2)CC1C3. The molecule has 4 saturated carbocycles. The molecule has 0 saturated heterocycles. The first-order chi connectivity index (χ1) is 9.71. The first kappa shape index (κ1) is 13.0. The van der Waals surface area contributed by atoms with Crippen molar-refractivity contribution < 1.29 is 0 Å². The summed E-state index contributed by atoms with van der Waals surface area (Å²) in [5.41, 5.74) is 7.43. The van der Waals surface area contributed by atoms with Gasteiger partial charge in [0.25, 0.3) is 0 Å². The van der Waals surface area contributed by atoms with Crippen LogP contribution in [-0.2, 0) is 0 Å². The van der Waals surface area contributed by atoms with Crippen molar-refractivity contribution >= 4 is 17.3 Å². The van der Waals surface area contributed by atoms with Crippen LogP contribution in [0.1, 0.15) is 32.1 Å². The van der Waals surface area contributed by atoms with Crippen molar-refractivity contribution in [2.75, 3.05) is 11.9 Å². The number of hydrogen-bond donors (Lipinski definition) is 2. The monoisotopic (exact) mass is 290 g/mol. The van der Waals surface area contributed by atoms with E-state index in [9.17, 15) is 0 Å². The lowest BCUT2D eigenvalue weighted by molar-refractivity contribution is -0.0405. The number of nitrogens with two attached hydrogens (primary N) is 1. The van der Waals surface area contributed by atoms with E-state index in [-0.39, 0.29) is 5.54 Å². The summed E-state index contributed by atoms with van der Waals surface area (Å²) in [7, 11) is 0. The summed E-state index contributed by atoms with van der Waals surface area (Å²) in [6.07, 6.45) is 6.92. The van der Waals surface area contributed by atoms with Crippen molar-refractivity contribution in [3.05, 3.63) is 29.3 Å². The second kappa shape index (κ2) is 4.64. The van der Waals surface area contributed by atoms with E-state index < -0.39 is 0 Å². The molecule has 4 aliphatic rings. The van der Waals surface area contributed by atoms with Crippen molar-refractivity contribution in [3.8, 4) is 0 Å². The van der Waals surface area contributed by atoms with Gasteiger partial charge in [-0.05, 0) is 67.9 Å². The first-order valence-electron chi connectivity index (χ1n) is 7.94. The van der Waals surface area contributed by atoms with E-state index in [4.69, 9.17) is 17.3 Å².